The maximum atomic E-state index is 14.9. The number of aliphatic hydroxyl groups excluding tert-OH is 2. The summed E-state index contributed by atoms with van der Waals surface area (Å²) in [5, 5.41) is 25.5. The van der Waals surface area contributed by atoms with E-state index in [-0.39, 0.29) is 51.8 Å². The summed E-state index contributed by atoms with van der Waals surface area (Å²) < 4.78 is 25.5. The largest absolute Gasteiger partial charge is 0.499 e. The van der Waals surface area contributed by atoms with Crippen LogP contribution in [-0.2, 0) is 52.3 Å². The number of nitrogens with one attached hydrogen (secondary N) is 2. The summed E-state index contributed by atoms with van der Waals surface area (Å²) in [5.74, 6) is -2.75. The summed E-state index contributed by atoms with van der Waals surface area (Å²) >= 11 is 0. The van der Waals surface area contributed by atoms with E-state index in [0.29, 0.717) is 11.1 Å². The summed E-state index contributed by atoms with van der Waals surface area (Å²) in [6.45, 7) is 0.199. The lowest BCUT2D eigenvalue weighted by Gasteiger charge is -2.48. The molecule has 8 rings (SSSR count). The van der Waals surface area contributed by atoms with Crippen LogP contribution in [0, 0.1) is 5.41 Å². The molecule has 56 heavy (non-hydrogen) atoms. The summed E-state index contributed by atoms with van der Waals surface area (Å²) in [4.78, 5) is 48.6. The van der Waals surface area contributed by atoms with Gasteiger partial charge in [-0.2, -0.15) is 5.06 Å². The third kappa shape index (κ3) is 6.87. The van der Waals surface area contributed by atoms with Crippen molar-refractivity contribution in [3.05, 3.63) is 149 Å². The highest BCUT2D eigenvalue weighted by Gasteiger charge is 2.76. The van der Waals surface area contributed by atoms with Gasteiger partial charge in [-0.15, -0.1) is 0 Å². The third-order valence-electron chi connectivity index (χ3n) is 10.8. The number of hydrogen-bond acceptors (Lipinski definition) is 11. The molecule has 4 aromatic rings. The SMILES string of the molecule is O=C(NCCO)c1cccc(CNC(=O)[C@@]23C[C@H]4OC(=O)[C@@H]2N(Cc2cccc(C=COCCO)c2)O[C@@H]3[C@H]2OC(c3ccccc3)(c3ccccc3)O[C@H]24)c1. The Bertz CT molecular complexity index is 2040. The third-order valence-corrected chi connectivity index (χ3v) is 10.8. The quantitative estimate of drug-likeness (QED) is 0.0848. The first-order chi connectivity index (χ1) is 27.4. The predicted molar refractivity (Wildman–Crippen MR) is 201 cm³/mol. The fourth-order valence-electron chi connectivity index (χ4n) is 8.35. The van der Waals surface area contributed by atoms with Gasteiger partial charge in [0.15, 0.2) is 6.04 Å². The smallest absolute Gasteiger partial charge is 0.327 e. The van der Waals surface area contributed by atoms with E-state index in [1.54, 1.807) is 30.3 Å². The summed E-state index contributed by atoms with van der Waals surface area (Å²) in [7, 11) is 0. The molecule has 0 radical (unpaired) electrons. The average Bonchev–Trinajstić information content (AvgIpc) is 3.81. The van der Waals surface area contributed by atoms with Crippen LogP contribution in [0.25, 0.3) is 6.08 Å². The van der Waals surface area contributed by atoms with E-state index in [4.69, 9.17) is 34.0 Å². The number of carbonyl (C=O) groups excluding carboxylic acids is 3. The van der Waals surface area contributed by atoms with Crippen molar-refractivity contribution in [2.45, 2.75) is 55.8 Å². The van der Waals surface area contributed by atoms with Gasteiger partial charge < -0.3 is 39.8 Å². The van der Waals surface area contributed by atoms with Crippen LogP contribution in [0.2, 0.25) is 0 Å². The number of rotatable bonds is 14. The number of amides is 2. The minimum atomic E-state index is -1.44. The summed E-state index contributed by atoms with van der Waals surface area (Å²) in [6, 6.07) is 32.4. The second-order valence-electron chi connectivity index (χ2n) is 14.2. The molecule has 0 spiro atoms. The van der Waals surface area contributed by atoms with E-state index in [9.17, 15) is 14.4 Å². The molecule has 13 nitrogen and oxygen atoms in total. The van der Waals surface area contributed by atoms with Gasteiger partial charge in [-0.05, 0) is 34.9 Å². The summed E-state index contributed by atoms with van der Waals surface area (Å²) in [6.07, 6.45) is 0.00898. The Balaban J connectivity index is 1.15. The van der Waals surface area contributed by atoms with Crippen molar-refractivity contribution >= 4 is 23.9 Å². The van der Waals surface area contributed by atoms with Crippen LogP contribution < -0.4 is 10.6 Å². The second kappa shape index (κ2) is 16.0. The number of carbonyl (C=O) groups is 3. The molecule has 2 amide bonds. The maximum Gasteiger partial charge on any atom is 0.327 e. The van der Waals surface area contributed by atoms with Crippen LogP contribution >= 0.6 is 0 Å². The Kier molecular flexibility index (Phi) is 10.7. The van der Waals surface area contributed by atoms with Gasteiger partial charge in [0, 0.05) is 36.2 Å². The van der Waals surface area contributed by atoms with E-state index < -0.39 is 53.5 Å². The van der Waals surface area contributed by atoms with Crippen LogP contribution in [0.5, 0.6) is 0 Å². The van der Waals surface area contributed by atoms with Gasteiger partial charge in [-0.3, -0.25) is 19.2 Å². The highest BCUT2D eigenvalue weighted by atomic mass is 16.8. The lowest BCUT2D eigenvalue weighted by molar-refractivity contribution is -0.213. The predicted octanol–water partition coefficient (Wildman–Crippen LogP) is 3.19. The number of hydroxylamine groups is 2. The van der Waals surface area contributed by atoms with Gasteiger partial charge in [-0.1, -0.05) is 97.1 Å². The number of fused-ring (bicyclic) bond motifs is 4. The van der Waals surface area contributed by atoms with E-state index >= 15 is 0 Å². The molecule has 0 aromatic heterocycles. The lowest BCUT2D eigenvalue weighted by Crippen LogP contribution is -2.69. The van der Waals surface area contributed by atoms with Gasteiger partial charge in [-0.25, -0.2) is 0 Å². The molecule has 0 unspecified atom stereocenters. The number of aliphatic hydroxyl groups is 2. The molecule has 4 fully saturated rings. The molecule has 1 saturated carbocycles. The van der Waals surface area contributed by atoms with Gasteiger partial charge in [0.05, 0.1) is 26.0 Å². The van der Waals surface area contributed by atoms with Crippen molar-refractivity contribution in [3.8, 4) is 0 Å². The van der Waals surface area contributed by atoms with Crippen LogP contribution in [0.15, 0.2) is 115 Å². The second-order valence-corrected chi connectivity index (χ2v) is 14.2. The van der Waals surface area contributed by atoms with Gasteiger partial charge in [0.1, 0.15) is 36.4 Å². The van der Waals surface area contributed by atoms with Crippen molar-refractivity contribution in [2.24, 2.45) is 5.41 Å². The topological polar surface area (TPSA) is 165 Å². The molecule has 3 aliphatic heterocycles. The van der Waals surface area contributed by atoms with E-state index in [2.05, 4.69) is 10.6 Å². The molecule has 3 saturated heterocycles. The van der Waals surface area contributed by atoms with Crippen molar-refractivity contribution in [1.29, 1.82) is 0 Å². The van der Waals surface area contributed by atoms with Crippen molar-refractivity contribution < 1.29 is 48.4 Å². The first kappa shape index (κ1) is 37.5. The Hall–Kier alpha value is -5.41. The van der Waals surface area contributed by atoms with Crippen molar-refractivity contribution in [1.82, 2.24) is 15.7 Å². The first-order valence-electron chi connectivity index (χ1n) is 18.7. The van der Waals surface area contributed by atoms with Crippen LogP contribution in [0.1, 0.15) is 44.6 Å². The molecule has 3 heterocycles. The normalized spacial score (nSPS) is 26.0. The Morgan fingerprint density at radius 3 is 2.29 bits per heavy atom. The molecule has 4 aromatic carbocycles. The van der Waals surface area contributed by atoms with Crippen LogP contribution in [0.3, 0.4) is 0 Å². The number of benzene rings is 4. The Labute approximate surface area is 323 Å². The monoisotopic (exact) mass is 761 g/mol. The van der Waals surface area contributed by atoms with Crippen molar-refractivity contribution in [3.63, 3.8) is 0 Å². The average molecular weight is 762 g/mol. The zero-order chi connectivity index (χ0) is 38.7. The molecular formula is C43H43N3O10. The number of hydrogen-bond donors (Lipinski definition) is 4. The van der Waals surface area contributed by atoms with Gasteiger partial charge in [0.25, 0.3) is 5.91 Å². The summed E-state index contributed by atoms with van der Waals surface area (Å²) in [5.41, 5.74) is 2.71. The molecule has 4 aliphatic rings. The van der Waals surface area contributed by atoms with E-state index in [1.165, 1.54) is 11.3 Å². The van der Waals surface area contributed by atoms with Crippen LogP contribution in [-0.4, -0.2) is 89.9 Å². The molecule has 6 atom stereocenters. The zero-order valence-electron chi connectivity index (χ0n) is 30.5. The lowest BCUT2D eigenvalue weighted by atomic mass is 9.62. The molecular weight excluding hydrogens is 718 g/mol. The number of ether oxygens (including phenoxy) is 4. The van der Waals surface area contributed by atoms with E-state index in [0.717, 1.165) is 22.3 Å². The fraction of sp³-hybridized carbons (Fsp3) is 0.326. The molecule has 4 N–H and O–H groups in total. The van der Waals surface area contributed by atoms with E-state index in [1.807, 2.05) is 84.9 Å². The molecule has 2 bridgehead atoms. The highest BCUT2D eigenvalue weighted by molar-refractivity contribution is 5.95. The number of nitrogens with zero attached hydrogens (tertiary/aromatic N) is 1. The minimum Gasteiger partial charge on any atom is -0.499 e. The zero-order valence-corrected chi connectivity index (χ0v) is 30.5. The van der Waals surface area contributed by atoms with Crippen molar-refractivity contribution in [2.75, 3.05) is 26.4 Å². The Morgan fingerprint density at radius 1 is 0.839 bits per heavy atom. The van der Waals surface area contributed by atoms with Crippen LogP contribution in [0.4, 0.5) is 0 Å². The molecule has 290 valence electrons. The molecule has 13 heteroatoms. The standard InChI is InChI=1S/C43H43N3O10/c47-19-18-44-39(49)31-12-8-10-29(24-31)26-45-41(51)42-25-34-35-36(55-43(54-35,32-13-3-1-4-14-32)33-15-5-2-6-16-33)38(42)56-46(37(42)40(50)53-34)27-30-11-7-9-28(23-30)17-21-52-22-20-48/h1-17,21,23-24,34-38,47-48H,18-20,22,25-27H2,(H,44,49)(H,45,51)/t34-,35+,36+,37+,38-,42+/m1/s1. The van der Waals surface area contributed by atoms with Gasteiger partial charge >= 0.3 is 5.97 Å². The molecule has 1 aliphatic carbocycles. The fourth-order valence-corrected chi connectivity index (χ4v) is 8.35. The van der Waals surface area contributed by atoms with Gasteiger partial charge in [0.2, 0.25) is 11.7 Å². The minimum absolute atomic E-state index is 0.0665. The number of esters is 1. The first-order valence-corrected chi connectivity index (χ1v) is 18.7. The maximum absolute atomic E-state index is 14.9. The Morgan fingerprint density at radius 2 is 1.55 bits per heavy atom. The highest BCUT2D eigenvalue weighted by Crippen LogP contribution is 2.59.